The molecule has 3 rings (SSSR count). The first-order chi connectivity index (χ1) is 13.3. The maximum Gasteiger partial charge on any atom is 0.416 e. The van der Waals surface area contributed by atoms with Gasteiger partial charge >= 0.3 is 6.18 Å². The molecule has 2 heterocycles. The molecule has 28 heavy (non-hydrogen) atoms. The molecule has 0 unspecified atom stereocenters. The summed E-state index contributed by atoms with van der Waals surface area (Å²) in [6.45, 7) is 1.52. The van der Waals surface area contributed by atoms with Gasteiger partial charge in [0, 0.05) is 44.0 Å². The summed E-state index contributed by atoms with van der Waals surface area (Å²) in [6.07, 6.45) is -3.26. The molecule has 0 N–H and O–H groups in total. The molecule has 0 radical (unpaired) electrons. The summed E-state index contributed by atoms with van der Waals surface area (Å²) in [6, 6.07) is 6.91. The largest absolute Gasteiger partial charge is 0.497 e. The van der Waals surface area contributed by atoms with Crippen molar-refractivity contribution >= 4 is 11.7 Å². The highest BCUT2D eigenvalue weighted by Gasteiger charge is 2.32. The first-order valence-corrected chi connectivity index (χ1v) is 8.62. The Labute approximate surface area is 160 Å². The fourth-order valence-electron chi connectivity index (χ4n) is 3.02. The molecule has 150 valence electrons. The first kappa shape index (κ1) is 19.8. The number of amides is 1. The number of hydrogen-bond donors (Lipinski definition) is 0. The summed E-state index contributed by atoms with van der Waals surface area (Å²) in [5.74, 6) is 1.09. The summed E-state index contributed by atoms with van der Waals surface area (Å²) < 4.78 is 49.1. The molecule has 2 aromatic rings. The van der Waals surface area contributed by atoms with Crippen LogP contribution in [0.2, 0.25) is 0 Å². The van der Waals surface area contributed by atoms with Gasteiger partial charge in [0.25, 0.3) is 5.91 Å². The first-order valence-electron chi connectivity index (χ1n) is 8.62. The molecule has 0 saturated carbocycles. The van der Waals surface area contributed by atoms with E-state index in [2.05, 4.69) is 4.98 Å². The van der Waals surface area contributed by atoms with Crippen LogP contribution in [0, 0.1) is 0 Å². The summed E-state index contributed by atoms with van der Waals surface area (Å²) in [5, 5.41) is 0. The maximum atomic E-state index is 12.9. The van der Waals surface area contributed by atoms with E-state index in [-0.39, 0.29) is 11.7 Å². The Morgan fingerprint density at radius 3 is 2.14 bits per heavy atom. The van der Waals surface area contributed by atoms with Crippen LogP contribution in [0.3, 0.4) is 0 Å². The number of pyridine rings is 1. The van der Waals surface area contributed by atoms with Crippen molar-refractivity contribution in [1.29, 1.82) is 0 Å². The van der Waals surface area contributed by atoms with Crippen LogP contribution in [0.5, 0.6) is 11.5 Å². The van der Waals surface area contributed by atoms with Crippen LogP contribution in [-0.4, -0.2) is 56.2 Å². The van der Waals surface area contributed by atoms with Gasteiger partial charge in [0.1, 0.15) is 17.3 Å². The van der Waals surface area contributed by atoms with E-state index in [0.717, 1.165) is 18.3 Å². The highest BCUT2D eigenvalue weighted by Crippen LogP contribution is 2.31. The molecule has 1 aromatic carbocycles. The average molecular weight is 395 g/mol. The molecule has 1 aromatic heterocycles. The van der Waals surface area contributed by atoms with E-state index in [9.17, 15) is 18.0 Å². The Kier molecular flexibility index (Phi) is 5.62. The third kappa shape index (κ3) is 4.29. The number of hydrogen-bond acceptors (Lipinski definition) is 5. The van der Waals surface area contributed by atoms with Crippen molar-refractivity contribution in [2.45, 2.75) is 6.18 Å². The van der Waals surface area contributed by atoms with E-state index in [1.54, 1.807) is 28.0 Å². The number of ether oxygens (including phenoxy) is 2. The smallest absolute Gasteiger partial charge is 0.416 e. The molecule has 1 saturated heterocycles. The van der Waals surface area contributed by atoms with Gasteiger partial charge in [-0.1, -0.05) is 0 Å². The predicted molar refractivity (Wildman–Crippen MR) is 96.9 cm³/mol. The van der Waals surface area contributed by atoms with E-state index in [1.807, 2.05) is 0 Å². The van der Waals surface area contributed by atoms with Crippen molar-refractivity contribution in [3.05, 3.63) is 47.7 Å². The van der Waals surface area contributed by atoms with Crippen molar-refractivity contribution in [1.82, 2.24) is 9.88 Å². The average Bonchev–Trinajstić information content (AvgIpc) is 2.72. The minimum atomic E-state index is -4.42. The Bertz CT molecular complexity index is 828. The number of benzene rings is 1. The molecule has 9 heteroatoms. The van der Waals surface area contributed by atoms with E-state index in [4.69, 9.17) is 9.47 Å². The molecular formula is C19H20F3N3O3. The van der Waals surface area contributed by atoms with E-state index in [1.165, 1.54) is 14.2 Å². The molecule has 1 fully saturated rings. The third-order valence-corrected chi connectivity index (χ3v) is 4.56. The molecule has 0 atom stereocenters. The molecule has 6 nitrogen and oxygen atoms in total. The van der Waals surface area contributed by atoms with Crippen LogP contribution in [0.4, 0.5) is 19.0 Å². The molecule has 1 aliphatic heterocycles. The number of rotatable bonds is 4. The molecule has 0 spiro atoms. The lowest BCUT2D eigenvalue weighted by molar-refractivity contribution is -0.137. The van der Waals surface area contributed by atoms with Crippen molar-refractivity contribution < 1.29 is 27.4 Å². The standard InChI is InChI=1S/C19H20F3N3O3/c1-27-15-9-13(10-16(12-15)28-2)18(26)25-7-5-24(6-8-25)17-11-14(3-4-23-17)19(20,21)22/h3-4,9-12H,5-8H2,1-2H3. The zero-order chi connectivity index (χ0) is 20.3. The minimum absolute atomic E-state index is 0.186. The molecule has 1 aliphatic rings. The van der Waals surface area contributed by atoms with Gasteiger partial charge in [-0.05, 0) is 24.3 Å². The molecular weight excluding hydrogens is 375 g/mol. The number of halogens is 3. The van der Waals surface area contributed by atoms with Crippen molar-refractivity contribution in [2.75, 3.05) is 45.3 Å². The summed E-state index contributed by atoms with van der Waals surface area (Å²) in [5.41, 5.74) is -0.304. The predicted octanol–water partition coefficient (Wildman–Crippen LogP) is 3.08. The second-order valence-electron chi connectivity index (χ2n) is 6.28. The van der Waals surface area contributed by atoms with Crippen LogP contribution in [-0.2, 0) is 6.18 Å². The van der Waals surface area contributed by atoms with Gasteiger partial charge in [-0.2, -0.15) is 13.2 Å². The lowest BCUT2D eigenvalue weighted by Crippen LogP contribution is -2.49. The lowest BCUT2D eigenvalue weighted by Gasteiger charge is -2.35. The van der Waals surface area contributed by atoms with Crippen LogP contribution in [0.1, 0.15) is 15.9 Å². The van der Waals surface area contributed by atoms with E-state index in [0.29, 0.717) is 43.2 Å². The third-order valence-electron chi connectivity index (χ3n) is 4.56. The maximum absolute atomic E-state index is 12.9. The van der Waals surface area contributed by atoms with Crippen molar-refractivity contribution in [3.63, 3.8) is 0 Å². The lowest BCUT2D eigenvalue weighted by atomic mass is 10.1. The van der Waals surface area contributed by atoms with Gasteiger partial charge < -0.3 is 19.3 Å². The van der Waals surface area contributed by atoms with E-state index < -0.39 is 11.7 Å². The van der Waals surface area contributed by atoms with Crippen LogP contribution >= 0.6 is 0 Å². The van der Waals surface area contributed by atoms with Gasteiger partial charge in [0.05, 0.1) is 19.8 Å². The quantitative estimate of drug-likeness (QED) is 0.797. The monoisotopic (exact) mass is 395 g/mol. The van der Waals surface area contributed by atoms with Crippen LogP contribution < -0.4 is 14.4 Å². The fourth-order valence-corrected chi connectivity index (χ4v) is 3.02. The normalized spacial score (nSPS) is 14.8. The number of anilines is 1. The summed E-state index contributed by atoms with van der Waals surface area (Å²) in [4.78, 5) is 20.2. The van der Waals surface area contributed by atoms with Gasteiger partial charge in [-0.15, -0.1) is 0 Å². The number of nitrogens with zero attached hydrogens (tertiary/aromatic N) is 3. The fraction of sp³-hybridized carbons (Fsp3) is 0.368. The zero-order valence-corrected chi connectivity index (χ0v) is 15.5. The number of aromatic nitrogens is 1. The second kappa shape index (κ2) is 7.95. The molecule has 0 bridgehead atoms. The van der Waals surface area contributed by atoms with Crippen molar-refractivity contribution in [3.8, 4) is 11.5 Å². The SMILES string of the molecule is COc1cc(OC)cc(C(=O)N2CCN(c3cc(C(F)(F)F)ccn3)CC2)c1. The zero-order valence-electron chi connectivity index (χ0n) is 15.5. The van der Waals surface area contributed by atoms with Crippen LogP contribution in [0.15, 0.2) is 36.5 Å². The van der Waals surface area contributed by atoms with Gasteiger partial charge in [-0.3, -0.25) is 4.79 Å². The second-order valence-corrected chi connectivity index (χ2v) is 6.28. The van der Waals surface area contributed by atoms with Gasteiger partial charge in [0.2, 0.25) is 0 Å². The highest BCUT2D eigenvalue weighted by molar-refractivity contribution is 5.95. The van der Waals surface area contributed by atoms with Crippen LogP contribution in [0.25, 0.3) is 0 Å². The highest BCUT2D eigenvalue weighted by atomic mass is 19.4. The number of carbonyl (C=O) groups excluding carboxylic acids is 1. The molecule has 1 amide bonds. The van der Waals surface area contributed by atoms with Gasteiger partial charge in [0.15, 0.2) is 0 Å². The number of piperazine rings is 1. The minimum Gasteiger partial charge on any atom is -0.497 e. The summed E-state index contributed by atoms with van der Waals surface area (Å²) in [7, 11) is 3.01. The number of carbonyl (C=O) groups is 1. The Morgan fingerprint density at radius 2 is 1.61 bits per heavy atom. The number of alkyl halides is 3. The number of methoxy groups -OCH3 is 2. The Balaban J connectivity index is 1.70. The summed E-state index contributed by atoms with van der Waals surface area (Å²) >= 11 is 0. The molecule has 0 aliphatic carbocycles. The van der Waals surface area contributed by atoms with E-state index >= 15 is 0 Å². The topological polar surface area (TPSA) is 54.9 Å². The van der Waals surface area contributed by atoms with Gasteiger partial charge in [-0.25, -0.2) is 4.98 Å². The Hall–Kier alpha value is -2.97. The van der Waals surface area contributed by atoms with Crippen molar-refractivity contribution in [2.24, 2.45) is 0 Å². The Morgan fingerprint density at radius 1 is 1.00 bits per heavy atom.